The summed E-state index contributed by atoms with van der Waals surface area (Å²) in [5.74, 6) is -0.852. The summed E-state index contributed by atoms with van der Waals surface area (Å²) in [4.78, 5) is 28.7. The number of nitrogens with one attached hydrogen (secondary N) is 1. The van der Waals surface area contributed by atoms with Crippen molar-refractivity contribution in [2.45, 2.75) is 58.0 Å². The molecule has 1 atom stereocenters. The van der Waals surface area contributed by atoms with Crippen molar-refractivity contribution in [3.63, 3.8) is 0 Å². The van der Waals surface area contributed by atoms with Gasteiger partial charge in [-0.15, -0.1) is 0 Å². The zero-order valence-corrected chi connectivity index (χ0v) is 25.5. The monoisotopic (exact) mass is 603 g/mol. The van der Waals surface area contributed by atoms with Gasteiger partial charge in [-0.05, 0) is 79.8 Å². The Kier molecular flexibility index (Phi) is 11.0. The van der Waals surface area contributed by atoms with Gasteiger partial charge in [-0.1, -0.05) is 67.4 Å². The molecule has 0 heterocycles. The Balaban J connectivity index is 2.09. The summed E-state index contributed by atoms with van der Waals surface area (Å²) < 4.78 is 28.9. The number of sulfonamides is 1. The van der Waals surface area contributed by atoms with Crippen LogP contribution in [0.4, 0.5) is 5.69 Å². The molecule has 0 aromatic heterocycles. The zero-order chi connectivity index (χ0) is 29.4. The molecule has 7 nitrogen and oxygen atoms in total. The summed E-state index contributed by atoms with van der Waals surface area (Å²) in [7, 11) is -4.13. The van der Waals surface area contributed by atoms with E-state index in [0.717, 1.165) is 21.9 Å². The van der Waals surface area contributed by atoms with Gasteiger partial charge in [-0.3, -0.25) is 13.9 Å². The molecule has 0 aliphatic rings. The summed E-state index contributed by atoms with van der Waals surface area (Å²) >= 11 is 12.5. The number of nitrogens with zero attached hydrogens (tertiary/aromatic N) is 2. The highest BCUT2D eigenvalue weighted by atomic mass is 35.5. The van der Waals surface area contributed by atoms with Gasteiger partial charge in [0.25, 0.3) is 10.0 Å². The molecule has 3 aromatic carbocycles. The van der Waals surface area contributed by atoms with Crippen LogP contribution in [0.15, 0.2) is 71.6 Å². The smallest absolute Gasteiger partial charge is 0.264 e. The van der Waals surface area contributed by atoms with E-state index >= 15 is 0 Å². The molecule has 10 heteroatoms. The van der Waals surface area contributed by atoms with Crippen molar-refractivity contribution in [1.82, 2.24) is 10.2 Å². The SMILES string of the molecule is CCCNC(=O)[C@H](CC)N(Cc1ccc(Cl)cc1Cl)C(=O)CN(c1cc(C)cc(C)c1)S(=O)(=O)c1ccccc1. The fraction of sp³-hybridized carbons (Fsp3) is 0.333. The third-order valence-electron chi connectivity index (χ3n) is 6.40. The number of hydrogen-bond acceptors (Lipinski definition) is 4. The number of rotatable bonds is 12. The predicted molar refractivity (Wildman–Crippen MR) is 161 cm³/mol. The molecule has 0 aliphatic carbocycles. The van der Waals surface area contributed by atoms with Gasteiger partial charge in [0.05, 0.1) is 10.6 Å². The Morgan fingerprint density at radius 1 is 0.925 bits per heavy atom. The van der Waals surface area contributed by atoms with Gasteiger partial charge in [-0.25, -0.2) is 8.42 Å². The molecule has 0 aliphatic heterocycles. The van der Waals surface area contributed by atoms with Gasteiger partial charge in [0.1, 0.15) is 12.6 Å². The topological polar surface area (TPSA) is 86.8 Å². The van der Waals surface area contributed by atoms with Crippen LogP contribution in [0, 0.1) is 13.8 Å². The highest BCUT2D eigenvalue weighted by molar-refractivity contribution is 7.92. The maximum absolute atomic E-state index is 14.1. The van der Waals surface area contributed by atoms with E-state index < -0.39 is 28.5 Å². The highest BCUT2D eigenvalue weighted by Gasteiger charge is 2.34. The third-order valence-corrected chi connectivity index (χ3v) is 8.77. The molecule has 0 bridgehead atoms. The molecule has 3 rings (SSSR count). The highest BCUT2D eigenvalue weighted by Crippen LogP contribution is 2.28. The number of aryl methyl sites for hydroxylation is 2. The molecule has 0 saturated heterocycles. The van der Waals surface area contributed by atoms with E-state index in [4.69, 9.17) is 23.2 Å². The van der Waals surface area contributed by atoms with Crippen molar-refractivity contribution >= 4 is 50.7 Å². The number of benzene rings is 3. The Hall–Kier alpha value is -3.07. The van der Waals surface area contributed by atoms with Crippen LogP contribution in [0.3, 0.4) is 0 Å². The zero-order valence-electron chi connectivity index (χ0n) is 23.2. The van der Waals surface area contributed by atoms with Crippen LogP contribution >= 0.6 is 23.2 Å². The molecule has 0 radical (unpaired) electrons. The van der Waals surface area contributed by atoms with Crippen LogP contribution in [-0.2, 0) is 26.2 Å². The second kappa shape index (κ2) is 14.0. The molecular weight excluding hydrogens is 569 g/mol. The molecule has 0 fully saturated rings. The molecule has 40 heavy (non-hydrogen) atoms. The molecular formula is C30H35Cl2N3O4S. The first-order valence-electron chi connectivity index (χ1n) is 13.1. The predicted octanol–water partition coefficient (Wildman–Crippen LogP) is 6.14. The van der Waals surface area contributed by atoms with Crippen LogP contribution in [0.25, 0.3) is 0 Å². The molecule has 2 amide bonds. The first-order chi connectivity index (χ1) is 19.0. The quantitative estimate of drug-likeness (QED) is 0.269. The van der Waals surface area contributed by atoms with Crippen molar-refractivity contribution in [2.75, 3.05) is 17.4 Å². The van der Waals surface area contributed by atoms with E-state index in [0.29, 0.717) is 34.3 Å². The number of halogens is 2. The Bertz CT molecular complexity index is 1430. The first kappa shape index (κ1) is 31.5. The molecule has 3 aromatic rings. The first-order valence-corrected chi connectivity index (χ1v) is 15.3. The van der Waals surface area contributed by atoms with Gasteiger partial charge in [0.2, 0.25) is 11.8 Å². The van der Waals surface area contributed by atoms with Crippen molar-refractivity contribution in [1.29, 1.82) is 0 Å². The van der Waals surface area contributed by atoms with E-state index in [1.54, 1.807) is 48.5 Å². The third kappa shape index (κ3) is 7.77. The van der Waals surface area contributed by atoms with Crippen molar-refractivity contribution in [2.24, 2.45) is 0 Å². The number of amides is 2. The summed E-state index contributed by atoms with van der Waals surface area (Å²) in [6.07, 6.45) is 1.05. The summed E-state index contributed by atoms with van der Waals surface area (Å²) in [6, 6.07) is 17.5. The standard InChI is InChI=1S/C30H35Cl2N3O4S/c1-5-14-33-30(37)28(6-2)34(19-23-12-13-24(31)18-27(23)32)29(36)20-35(25-16-21(3)15-22(4)17-25)40(38,39)26-10-8-7-9-11-26/h7-13,15-18,28H,5-6,14,19-20H2,1-4H3,(H,33,37)/t28-/m0/s1. The minimum atomic E-state index is -4.13. The summed E-state index contributed by atoms with van der Waals surface area (Å²) in [5.41, 5.74) is 2.66. The van der Waals surface area contributed by atoms with Gasteiger partial charge >= 0.3 is 0 Å². The maximum Gasteiger partial charge on any atom is 0.264 e. The lowest BCUT2D eigenvalue weighted by atomic mass is 10.1. The second-order valence-corrected chi connectivity index (χ2v) is 12.3. The van der Waals surface area contributed by atoms with Gasteiger partial charge in [-0.2, -0.15) is 0 Å². The van der Waals surface area contributed by atoms with Crippen LogP contribution in [0.5, 0.6) is 0 Å². The fourth-order valence-corrected chi connectivity index (χ4v) is 6.35. The van der Waals surface area contributed by atoms with E-state index in [2.05, 4.69) is 5.32 Å². The average Bonchev–Trinajstić information content (AvgIpc) is 2.91. The lowest BCUT2D eigenvalue weighted by Gasteiger charge is -2.33. The van der Waals surface area contributed by atoms with Crippen LogP contribution < -0.4 is 9.62 Å². The number of hydrogen-bond donors (Lipinski definition) is 1. The van der Waals surface area contributed by atoms with Crippen LogP contribution in [0.2, 0.25) is 10.0 Å². The minimum absolute atomic E-state index is 0.00103. The number of carbonyl (C=O) groups is 2. The van der Waals surface area contributed by atoms with Crippen molar-refractivity contribution < 1.29 is 18.0 Å². The normalized spacial score (nSPS) is 12.1. The van der Waals surface area contributed by atoms with E-state index in [-0.39, 0.29) is 17.3 Å². The largest absolute Gasteiger partial charge is 0.354 e. The summed E-state index contributed by atoms with van der Waals surface area (Å²) in [6.45, 7) is 7.42. The van der Waals surface area contributed by atoms with E-state index in [1.807, 2.05) is 33.8 Å². The molecule has 0 spiro atoms. The van der Waals surface area contributed by atoms with E-state index in [9.17, 15) is 18.0 Å². The lowest BCUT2D eigenvalue weighted by Crippen LogP contribution is -2.52. The van der Waals surface area contributed by atoms with E-state index in [1.165, 1.54) is 17.0 Å². The maximum atomic E-state index is 14.1. The fourth-order valence-electron chi connectivity index (χ4n) is 4.46. The molecule has 0 saturated carbocycles. The van der Waals surface area contributed by atoms with Crippen molar-refractivity contribution in [3.05, 3.63) is 93.5 Å². The second-order valence-electron chi connectivity index (χ2n) is 9.64. The number of anilines is 1. The molecule has 0 unspecified atom stereocenters. The van der Waals surface area contributed by atoms with Crippen molar-refractivity contribution in [3.8, 4) is 0 Å². The summed E-state index contributed by atoms with van der Waals surface area (Å²) in [5, 5.41) is 3.65. The van der Waals surface area contributed by atoms with Gasteiger partial charge in [0, 0.05) is 23.1 Å². The Morgan fingerprint density at radius 2 is 1.57 bits per heavy atom. The Morgan fingerprint density at radius 3 is 2.15 bits per heavy atom. The van der Waals surface area contributed by atoms with Crippen LogP contribution in [0.1, 0.15) is 43.4 Å². The van der Waals surface area contributed by atoms with Crippen LogP contribution in [-0.4, -0.2) is 44.3 Å². The van der Waals surface area contributed by atoms with Gasteiger partial charge < -0.3 is 10.2 Å². The molecule has 214 valence electrons. The number of carbonyl (C=O) groups excluding carboxylic acids is 2. The minimum Gasteiger partial charge on any atom is -0.354 e. The van der Waals surface area contributed by atoms with Gasteiger partial charge in [0.15, 0.2) is 0 Å². The average molecular weight is 605 g/mol. The molecule has 1 N–H and O–H groups in total. The Labute approximate surface area is 247 Å². The lowest BCUT2D eigenvalue weighted by molar-refractivity contribution is -0.140.